The van der Waals surface area contributed by atoms with E-state index in [4.69, 9.17) is 4.42 Å². The minimum absolute atomic E-state index is 0.166. The van der Waals surface area contributed by atoms with Crippen molar-refractivity contribution >= 4 is 5.91 Å². The molecule has 0 N–H and O–H groups in total. The van der Waals surface area contributed by atoms with Gasteiger partial charge in [0.1, 0.15) is 11.5 Å². The smallest absolute Gasteiger partial charge is 0.222 e. The second-order valence-electron chi connectivity index (χ2n) is 3.98. The van der Waals surface area contributed by atoms with Crippen molar-refractivity contribution in [3.05, 3.63) is 23.7 Å². The van der Waals surface area contributed by atoms with Gasteiger partial charge in [-0.2, -0.15) is 0 Å². The highest BCUT2D eigenvalue weighted by Crippen LogP contribution is 2.12. The van der Waals surface area contributed by atoms with Crippen LogP contribution in [-0.4, -0.2) is 16.8 Å². The molecule has 0 aliphatic heterocycles. The second kappa shape index (κ2) is 5.01. The number of nitrogens with zero attached hydrogens (tertiary/aromatic N) is 1. The lowest BCUT2D eigenvalue weighted by molar-refractivity contribution is -0.133. The lowest BCUT2D eigenvalue weighted by atomic mass is 10.2. The molecule has 0 aromatic carbocycles. The molecule has 0 aliphatic rings. The molecular formula is C12H19NO2. The monoisotopic (exact) mass is 209 g/mol. The number of aryl methyl sites for hydroxylation is 1. The summed E-state index contributed by atoms with van der Waals surface area (Å²) in [6, 6.07) is 4.06. The summed E-state index contributed by atoms with van der Waals surface area (Å²) in [5.74, 6) is 1.90. The molecule has 3 nitrogen and oxygen atoms in total. The number of hydrogen-bond acceptors (Lipinski definition) is 2. The van der Waals surface area contributed by atoms with E-state index in [0.717, 1.165) is 11.5 Å². The van der Waals surface area contributed by atoms with Crippen molar-refractivity contribution in [2.45, 2.75) is 46.7 Å². The van der Waals surface area contributed by atoms with Crippen LogP contribution in [-0.2, 0) is 11.3 Å². The molecule has 1 heterocycles. The zero-order valence-electron chi connectivity index (χ0n) is 9.91. The zero-order chi connectivity index (χ0) is 11.4. The van der Waals surface area contributed by atoms with Crippen molar-refractivity contribution in [3.8, 4) is 0 Å². The number of rotatable bonds is 4. The van der Waals surface area contributed by atoms with Gasteiger partial charge in [0, 0.05) is 12.5 Å². The van der Waals surface area contributed by atoms with Crippen LogP contribution in [0.25, 0.3) is 0 Å². The van der Waals surface area contributed by atoms with Crippen molar-refractivity contribution in [1.82, 2.24) is 4.90 Å². The van der Waals surface area contributed by atoms with Gasteiger partial charge in [-0.15, -0.1) is 0 Å². The number of carbonyl (C=O) groups excluding carboxylic acids is 1. The van der Waals surface area contributed by atoms with E-state index in [9.17, 15) is 4.79 Å². The van der Waals surface area contributed by atoms with Gasteiger partial charge in [-0.25, -0.2) is 0 Å². The van der Waals surface area contributed by atoms with Gasteiger partial charge in [0.05, 0.1) is 6.54 Å². The predicted octanol–water partition coefficient (Wildman–Crippen LogP) is 2.74. The molecule has 84 valence electrons. The molecular weight excluding hydrogens is 190 g/mol. The van der Waals surface area contributed by atoms with Crippen LogP contribution in [0.3, 0.4) is 0 Å². The lowest BCUT2D eigenvalue weighted by Crippen LogP contribution is -2.35. The van der Waals surface area contributed by atoms with Gasteiger partial charge < -0.3 is 9.32 Å². The maximum atomic E-state index is 11.6. The Morgan fingerprint density at radius 2 is 2.13 bits per heavy atom. The summed E-state index contributed by atoms with van der Waals surface area (Å²) in [6.45, 7) is 8.39. The third-order valence-electron chi connectivity index (χ3n) is 2.37. The van der Waals surface area contributed by atoms with E-state index < -0.39 is 0 Å². The molecule has 1 amide bonds. The molecule has 0 saturated carbocycles. The first-order valence-corrected chi connectivity index (χ1v) is 5.39. The van der Waals surface area contributed by atoms with Gasteiger partial charge in [-0.05, 0) is 32.9 Å². The Kier molecular flexibility index (Phi) is 3.95. The van der Waals surface area contributed by atoms with Crippen LogP contribution in [0.2, 0.25) is 0 Å². The first kappa shape index (κ1) is 11.8. The minimum atomic E-state index is 0.166. The van der Waals surface area contributed by atoms with Crippen molar-refractivity contribution in [3.63, 3.8) is 0 Å². The first-order chi connectivity index (χ1) is 7.04. The molecule has 15 heavy (non-hydrogen) atoms. The molecule has 1 rings (SSSR count). The summed E-state index contributed by atoms with van der Waals surface area (Å²) < 4.78 is 5.46. The quantitative estimate of drug-likeness (QED) is 0.764. The Bertz CT molecular complexity index is 328. The summed E-state index contributed by atoms with van der Waals surface area (Å²) >= 11 is 0. The van der Waals surface area contributed by atoms with Crippen LogP contribution in [0.15, 0.2) is 16.5 Å². The lowest BCUT2D eigenvalue weighted by Gasteiger charge is -2.25. The maximum Gasteiger partial charge on any atom is 0.222 e. The summed E-state index contributed by atoms with van der Waals surface area (Å²) in [5, 5.41) is 0. The summed E-state index contributed by atoms with van der Waals surface area (Å²) in [4.78, 5) is 13.5. The van der Waals surface area contributed by atoms with Crippen LogP contribution < -0.4 is 0 Å². The molecule has 1 aromatic rings. The standard InChI is InChI=1S/C12H19NO2/c1-5-12(14)13(9(2)3)8-11-7-6-10(4)15-11/h6-7,9H,5,8H2,1-4H3. The number of amides is 1. The minimum Gasteiger partial charge on any atom is -0.464 e. The molecule has 0 saturated heterocycles. The highest BCUT2D eigenvalue weighted by molar-refractivity contribution is 5.76. The van der Waals surface area contributed by atoms with E-state index in [1.54, 1.807) is 0 Å². The van der Waals surface area contributed by atoms with Gasteiger partial charge in [0.25, 0.3) is 0 Å². The van der Waals surface area contributed by atoms with Crippen molar-refractivity contribution in [1.29, 1.82) is 0 Å². The van der Waals surface area contributed by atoms with E-state index in [-0.39, 0.29) is 11.9 Å². The van der Waals surface area contributed by atoms with Gasteiger partial charge in [0.2, 0.25) is 5.91 Å². The molecule has 0 fully saturated rings. The Balaban J connectivity index is 2.71. The van der Waals surface area contributed by atoms with Crippen LogP contribution >= 0.6 is 0 Å². The fourth-order valence-electron chi connectivity index (χ4n) is 1.50. The van der Waals surface area contributed by atoms with Gasteiger partial charge in [-0.3, -0.25) is 4.79 Å². The van der Waals surface area contributed by atoms with E-state index in [0.29, 0.717) is 13.0 Å². The van der Waals surface area contributed by atoms with Gasteiger partial charge in [0.15, 0.2) is 0 Å². The molecule has 0 spiro atoms. The predicted molar refractivity (Wildman–Crippen MR) is 59.4 cm³/mol. The molecule has 0 bridgehead atoms. The highest BCUT2D eigenvalue weighted by atomic mass is 16.3. The van der Waals surface area contributed by atoms with Crippen LogP contribution in [0, 0.1) is 6.92 Å². The average Bonchev–Trinajstić information content (AvgIpc) is 2.59. The Labute approximate surface area is 91.1 Å². The third-order valence-corrected chi connectivity index (χ3v) is 2.37. The molecule has 0 aliphatic carbocycles. The second-order valence-corrected chi connectivity index (χ2v) is 3.98. The van der Waals surface area contributed by atoms with Crippen molar-refractivity contribution < 1.29 is 9.21 Å². The van der Waals surface area contributed by atoms with E-state index in [1.807, 2.05) is 44.7 Å². The third kappa shape index (κ3) is 3.11. The number of hydrogen-bond donors (Lipinski definition) is 0. The van der Waals surface area contributed by atoms with E-state index >= 15 is 0 Å². The van der Waals surface area contributed by atoms with Gasteiger partial charge in [-0.1, -0.05) is 6.92 Å². The van der Waals surface area contributed by atoms with E-state index in [1.165, 1.54) is 0 Å². The van der Waals surface area contributed by atoms with Crippen LogP contribution in [0.4, 0.5) is 0 Å². The number of carbonyl (C=O) groups is 1. The summed E-state index contributed by atoms with van der Waals surface area (Å²) in [7, 11) is 0. The fourth-order valence-corrected chi connectivity index (χ4v) is 1.50. The highest BCUT2D eigenvalue weighted by Gasteiger charge is 2.16. The van der Waals surface area contributed by atoms with Crippen LogP contribution in [0.5, 0.6) is 0 Å². The average molecular weight is 209 g/mol. The van der Waals surface area contributed by atoms with Crippen molar-refractivity contribution in [2.24, 2.45) is 0 Å². The SMILES string of the molecule is CCC(=O)N(Cc1ccc(C)o1)C(C)C. The van der Waals surface area contributed by atoms with Crippen molar-refractivity contribution in [2.75, 3.05) is 0 Å². The van der Waals surface area contributed by atoms with Gasteiger partial charge >= 0.3 is 0 Å². The molecule has 3 heteroatoms. The fraction of sp³-hybridized carbons (Fsp3) is 0.583. The first-order valence-electron chi connectivity index (χ1n) is 5.39. The summed E-state index contributed by atoms with van der Waals surface area (Å²) in [5.41, 5.74) is 0. The molecule has 0 unspecified atom stereocenters. The Morgan fingerprint density at radius 3 is 2.53 bits per heavy atom. The Morgan fingerprint density at radius 1 is 1.47 bits per heavy atom. The number of furan rings is 1. The molecule has 0 atom stereocenters. The Hall–Kier alpha value is -1.25. The molecule has 0 radical (unpaired) electrons. The van der Waals surface area contributed by atoms with E-state index in [2.05, 4.69) is 0 Å². The largest absolute Gasteiger partial charge is 0.464 e. The normalized spacial score (nSPS) is 10.7. The molecule has 1 aromatic heterocycles. The topological polar surface area (TPSA) is 33.5 Å². The maximum absolute atomic E-state index is 11.6. The summed E-state index contributed by atoms with van der Waals surface area (Å²) in [6.07, 6.45) is 0.540. The van der Waals surface area contributed by atoms with Crippen LogP contribution in [0.1, 0.15) is 38.7 Å². The zero-order valence-corrected chi connectivity index (χ0v) is 9.91.